The number of fused-ring (bicyclic) bond motifs is 1. The summed E-state index contributed by atoms with van der Waals surface area (Å²) in [5, 5.41) is 10.3. The van der Waals surface area contributed by atoms with Crippen molar-refractivity contribution in [2.75, 3.05) is 19.6 Å². The summed E-state index contributed by atoms with van der Waals surface area (Å²) in [4.78, 5) is 33.1. The Balaban J connectivity index is 1.90. The molecule has 29 heavy (non-hydrogen) atoms. The highest BCUT2D eigenvalue weighted by Crippen LogP contribution is 2.22. The normalized spacial score (nSPS) is 13.8. The van der Waals surface area contributed by atoms with Gasteiger partial charge in [0, 0.05) is 19.6 Å². The summed E-state index contributed by atoms with van der Waals surface area (Å²) in [7, 11) is 0. The molecule has 0 saturated heterocycles. The van der Waals surface area contributed by atoms with Gasteiger partial charge in [-0.25, -0.2) is 4.39 Å². The first-order chi connectivity index (χ1) is 13.9. The lowest BCUT2D eigenvalue weighted by molar-refractivity contribution is 0.0677. The molecule has 0 unspecified atom stereocenters. The lowest BCUT2D eigenvalue weighted by Gasteiger charge is -2.32. The van der Waals surface area contributed by atoms with E-state index in [1.165, 1.54) is 12.1 Å². The number of benzene rings is 1. The molecule has 0 aliphatic carbocycles. The molecule has 7 nitrogen and oxygen atoms in total. The molecular weight excluding hydrogens is 375 g/mol. The van der Waals surface area contributed by atoms with Crippen LogP contribution in [0.5, 0.6) is 5.75 Å². The summed E-state index contributed by atoms with van der Waals surface area (Å²) in [6, 6.07) is 5.93. The summed E-state index contributed by atoms with van der Waals surface area (Å²) >= 11 is 0. The predicted octanol–water partition coefficient (Wildman–Crippen LogP) is 2.37. The van der Waals surface area contributed by atoms with Crippen LogP contribution in [0.15, 0.2) is 29.1 Å². The number of carbonyl (C=O) groups is 1. The van der Waals surface area contributed by atoms with Crippen LogP contribution in [0.25, 0.3) is 0 Å². The second-order valence-electron chi connectivity index (χ2n) is 7.31. The zero-order chi connectivity index (χ0) is 21.0. The van der Waals surface area contributed by atoms with Crippen LogP contribution in [0.3, 0.4) is 0 Å². The van der Waals surface area contributed by atoms with Crippen LogP contribution in [0.4, 0.5) is 4.39 Å². The Morgan fingerprint density at radius 3 is 2.38 bits per heavy atom. The monoisotopic (exact) mass is 402 g/mol. The first kappa shape index (κ1) is 21.0. The molecule has 3 rings (SSSR count). The van der Waals surface area contributed by atoms with Gasteiger partial charge in [-0.3, -0.25) is 14.5 Å². The maximum Gasteiger partial charge on any atom is 0.315 e. The Morgan fingerprint density at radius 1 is 1.10 bits per heavy atom. The van der Waals surface area contributed by atoms with E-state index in [9.17, 15) is 19.1 Å². The summed E-state index contributed by atoms with van der Waals surface area (Å²) in [5.41, 5.74) is -0.0149. The van der Waals surface area contributed by atoms with E-state index in [0.717, 1.165) is 31.5 Å². The third-order valence-corrected chi connectivity index (χ3v) is 5.05. The molecule has 8 heteroatoms. The quantitative estimate of drug-likeness (QED) is 0.733. The second kappa shape index (κ2) is 9.17. The fourth-order valence-corrected chi connectivity index (χ4v) is 3.70. The molecule has 0 fully saturated rings. The first-order valence-electron chi connectivity index (χ1n) is 10.0. The third kappa shape index (κ3) is 4.64. The van der Waals surface area contributed by atoms with E-state index < -0.39 is 17.2 Å². The van der Waals surface area contributed by atoms with Gasteiger partial charge in [0.15, 0.2) is 5.69 Å². The summed E-state index contributed by atoms with van der Waals surface area (Å²) in [5.74, 6) is -0.872. The van der Waals surface area contributed by atoms with Gasteiger partial charge in [0.1, 0.15) is 11.6 Å². The number of hydrogen-bond donors (Lipinski definition) is 1. The zero-order valence-corrected chi connectivity index (χ0v) is 16.9. The van der Waals surface area contributed by atoms with Gasteiger partial charge in [-0.05, 0) is 43.6 Å². The Labute approximate surface area is 169 Å². The number of carbonyl (C=O) groups excluding carboxylic acids is 1. The molecule has 1 aliphatic rings. The van der Waals surface area contributed by atoms with E-state index in [1.807, 2.05) is 0 Å². The predicted molar refractivity (Wildman–Crippen MR) is 107 cm³/mol. The Bertz CT molecular complexity index is 921. The van der Waals surface area contributed by atoms with Crippen LogP contribution >= 0.6 is 0 Å². The molecule has 1 N–H and O–H groups in total. The second-order valence-corrected chi connectivity index (χ2v) is 7.31. The lowest BCUT2D eigenvalue weighted by atomic mass is 10.1. The molecular formula is C21H27FN4O3. The highest BCUT2D eigenvalue weighted by atomic mass is 19.1. The molecule has 0 spiro atoms. The van der Waals surface area contributed by atoms with Gasteiger partial charge < -0.3 is 14.6 Å². The molecule has 1 aromatic carbocycles. The van der Waals surface area contributed by atoms with E-state index >= 15 is 0 Å². The third-order valence-electron chi connectivity index (χ3n) is 5.05. The molecule has 0 atom stereocenters. The van der Waals surface area contributed by atoms with Gasteiger partial charge in [0.2, 0.25) is 5.75 Å². The van der Waals surface area contributed by atoms with Crippen molar-refractivity contribution >= 4 is 5.91 Å². The number of nitrogens with zero attached hydrogens (tertiary/aromatic N) is 4. The van der Waals surface area contributed by atoms with E-state index in [-0.39, 0.29) is 18.1 Å². The largest absolute Gasteiger partial charge is 0.501 e. The van der Waals surface area contributed by atoms with Crippen molar-refractivity contribution in [1.82, 2.24) is 19.4 Å². The standard InChI is InChI=1S/C21H27FN4O3/c1-3-9-24(10-4-2)14-17-23-20(28)19(27)18-21(29)25(11-12-26(17)18)13-15-5-7-16(22)8-6-15/h5-8,27H,3-4,9-14H2,1-2H3. The summed E-state index contributed by atoms with van der Waals surface area (Å²) < 4.78 is 14.8. The van der Waals surface area contributed by atoms with Gasteiger partial charge in [0.05, 0.1) is 6.54 Å². The van der Waals surface area contributed by atoms with Crippen molar-refractivity contribution in [2.24, 2.45) is 0 Å². The number of aromatic nitrogens is 2. The van der Waals surface area contributed by atoms with Crippen LogP contribution in [0, 0.1) is 5.82 Å². The minimum atomic E-state index is -0.781. The number of aromatic hydroxyl groups is 1. The van der Waals surface area contributed by atoms with Crippen LogP contribution in [-0.4, -0.2) is 50.0 Å². The van der Waals surface area contributed by atoms with Crippen LogP contribution < -0.4 is 5.56 Å². The number of amides is 1. The smallest absolute Gasteiger partial charge is 0.315 e. The highest BCUT2D eigenvalue weighted by molar-refractivity contribution is 5.95. The molecule has 0 bridgehead atoms. The van der Waals surface area contributed by atoms with Crippen molar-refractivity contribution in [3.05, 3.63) is 57.5 Å². The fraction of sp³-hybridized carbons (Fsp3) is 0.476. The molecule has 1 aromatic heterocycles. The van der Waals surface area contributed by atoms with Crippen molar-refractivity contribution in [2.45, 2.75) is 46.3 Å². The topological polar surface area (TPSA) is 78.7 Å². The number of halogens is 1. The first-order valence-corrected chi connectivity index (χ1v) is 10.0. The molecule has 1 amide bonds. The Kier molecular flexibility index (Phi) is 6.64. The molecule has 2 aromatic rings. The van der Waals surface area contributed by atoms with Crippen molar-refractivity contribution in [1.29, 1.82) is 0 Å². The molecule has 1 aliphatic heterocycles. The van der Waals surface area contributed by atoms with Gasteiger partial charge in [-0.1, -0.05) is 26.0 Å². The minimum absolute atomic E-state index is 0.0127. The minimum Gasteiger partial charge on any atom is -0.501 e. The average molecular weight is 402 g/mol. The molecule has 2 heterocycles. The SMILES string of the molecule is CCCN(CCC)Cc1nc(=O)c(O)c2n1CCN(Cc1ccc(F)cc1)C2=O. The van der Waals surface area contributed by atoms with E-state index in [1.54, 1.807) is 21.6 Å². The summed E-state index contributed by atoms with van der Waals surface area (Å²) in [6.45, 7) is 7.50. The van der Waals surface area contributed by atoms with Crippen molar-refractivity contribution < 1.29 is 14.3 Å². The summed E-state index contributed by atoms with van der Waals surface area (Å²) in [6.07, 6.45) is 1.94. The molecule has 0 radical (unpaired) electrons. The Hall–Kier alpha value is -2.74. The van der Waals surface area contributed by atoms with Crippen molar-refractivity contribution in [3.8, 4) is 5.75 Å². The van der Waals surface area contributed by atoms with E-state index in [2.05, 4.69) is 23.7 Å². The van der Waals surface area contributed by atoms with Crippen molar-refractivity contribution in [3.63, 3.8) is 0 Å². The number of hydrogen-bond acceptors (Lipinski definition) is 5. The zero-order valence-electron chi connectivity index (χ0n) is 16.9. The van der Waals surface area contributed by atoms with Gasteiger partial charge in [-0.15, -0.1) is 0 Å². The highest BCUT2D eigenvalue weighted by Gasteiger charge is 2.31. The van der Waals surface area contributed by atoms with Crippen LogP contribution in [-0.2, 0) is 19.6 Å². The van der Waals surface area contributed by atoms with Gasteiger partial charge in [0.25, 0.3) is 5.91 Å². The van der Waals surface area contributed by atoms with Crippen LogP contribution in [0.1, 0.15) is 48.6 Å². The maximum atomic E-state index is 13.1. The van der Waals surface area contributed by atoms with E-state index in [4.69, 9.17) is 0 Å². The molecule has 0 saturated carbocycles. The van der Waals surface area contributed by atoms with Gasteiger partial charge in [-0.2, -0.15) is 4.98 Å². The number of rotatable bonds is 8. The molecule has 156 valence electrons. The lowest BCUT2D eigenvalue weighted by Crippen LogP contribution is -2.43. The Morgan fingerprint density at radius 2 is 1.76 bits per heavy atom. The maximum absolute atomic E-state index is 13.1. The fourth-order valence-electron chi connectivity index (χ4n) is 3.70. The van der Waals surface area contributed by atoms with E-state index in [0.29, 0.717) is 25.5 Å². The van der Waals surface area contributed by atoms with Gasteiger partial charge >= 0.3 is 5.56 Å². The average Bonchev–Trinajstić information content (AvgIpc) is 2.69. The van der Waals surface area contributed by atoms with Crippen LogP contribution in [0.2, 0.25) is 0 Å².